The molecule has 1 aromatic rings. The van der Waals surface area contributed by atoms with Gasteiger partial charge < -0.3 is 4.74 Å². The van der Waals surface area contributed by atoms with Crippen molar-refractivity contribution < 1.29 is 14.5 Å². The Morgan fingerprint density at radius 1 is 1.44 bits per heavy atom. The van der Waals surface area contributed by atoms with Gasteiger partial charge in [0.25, 0.3) is 5.69 Å². The normalized spacial score (nSPS) is 10.1. The van der Waals surface area contributed by atoms with Crippen molar-refractivity contribution in [1.29, 1.82) is 0 Å². The lowest BCUT2D eigenvalue weighted by Gasteiger charge is -2.04. The first kappa shape index (κ1) is 14.2. The van der Waals surface area contributed by atoms with Crippen LogP contribution in [-0.2, 0) is 16.0 Å². The monoisotopic (exact) mass is 251 g/mol. The Balaban J connectivity index is 2.41. The number of rotatable bonds is 7. The van der Waals surface area contributed by atoms with Gasteiger partial charge in [0.2, 0.25) is 0 Å². The van der Waals surface area contributed by atoms with Gasteiger partial charge in [0, 0.05) is 18.6 Å². The number of ether oxygens (including phenoxy) is 1. The van der Waals surface area contributed by atoms with Gasteiger partial charge in [-0.05, 0) is 18.4 Å². The highest BCUT2D eigenvalue weighted by molar-refractivity contribution is 5.69. The summed E-state index contributed by atoms with van der Waals surface area (Å²) in [6.07, 6.45) is 2.57. The number of carbonyl (C=O) groups is 1. The van der Waals surface area contributed by atoms with Gasteiger partial charge in [-0.25, -0.2) is 0 Å². The van der Waals surface area contributed by atoms with Crippen LogP contribution in [0.1, 0.15) is 31.7 Å². The minimum absolute atomic E-state index is 0.0480. The maximum absolute atomic E-state index is 11.4. The molecule has 1 rings (SSSR count). The summed E-state index contributed by atoms with van der Waals surface area (Å²) in [7, 11) is 0. The first-order valence-electron chi connectivity index (χ1n) is 6.02. The zero-order valence-electron chi connectivity index (χ0n) is 10.4. The number of carbonyl (C=O) groups excluding carboxylic acids is 1. The molecule has 0 unspecified atom stereocenters. The minimum Gasteiger partial charge on any atom is -0.466 e. The number of unbranched alkanes of at least 4 members (excludes halogenated alkanes) is 1. The molecular weight excluding hydrogens is 234 g/mol. The van der Waals surface area contributed by atoms with Crippen molar-refractivity contribution in [3.63, 3.8) is 0 Å². The van der Waals surface area contributed by atoms with Gasteiger partial charge in [0.15, 0.2) is 0 Å². The molecule has 0 aliphatic rings. The van der Waals surface area contributed by atoms with Crippen LogP contribution in [0.3, 0.4) is 0 Å². The first-order valence-corrected chi connectivity index (χ1v) is 6.02. The summed E-state index contributed by atoms with van der Waals surface area (Å²) in [6.45, 7) is 2.47. The molecule has 5 heteroatoms. The Morgan fingerprint density at radius 2 is 2.22 bits per heavy atom. The van der Waals surface area contributed by atoms with Crippen LogP contribution in [0.15, 0.2) is 24.3 Å². The van der Waals surface area contributed by atoms with E-state index in [0.717, 1.165) is 18.4 Å². The molecule has 0 bridgehead atoms. The highest BCUT2D eigenvalue weighted by Crippen LogP contribution is 2.14. The SMILES string of the molecule is CCCCOC(=O)CCc1cccc([N+](=O)[O-])c1. The molecular formula is C13H17NO4. The third kappa shape index (κ3) is 4.95. The van der Waals surface area contributed by atoms with E-state index >= 15 is 0 Å². The molecule has 0 heterocycles. The highest BCUT2D eigenvalue weighted by atomic mass is 16.6. The van der Waals surface area contributed by atoms with Crippen LogP contribution < -0.4 is 0 Å². The average molecular weight is 251 g/mol. The molecule has 0 aliphatic carbocycles. The van der Waals surface area contributed by atoms with Crippen LogP contribution in [0.4, 0.5) is 5.69 Å². The topological polar surface area (TPSA) is 69.4 Å². The van der Waals surface area contributed by atoms with Gasteiger partial charge in [-0.15, -0.1) is 0 Å². The van der Waals surface area contributed by atoms with Gasteiger partial charge in [0.1, 0.15) is 0 Å². The second kappa shape index (κ2) is 7.42. The summed E-state index contributed by atoms with van der Waals surface area (Å²) in [6, 6.07) is 6.31. The van der Waals surface area contributed by atoms with Crippen molar-refractivity contribution in [1.82, 2.24) is 0 Å². The van der Waals surface area contributed by atoms with E-state index in [0.29, 0.717) is 13.0 Å². The smallest absolute Gasteiger partial charge is 0.306 e. The van der Waals surface area contributed by atoms with E-state index in [1.54, 1.807) is 12.1 Å². The van der Waals surface area contributed by atoms with E-state index in [4.69, 9.17) is 4.74 Å². The van der Waals surface area contributed by atoms with Crippen LogP contribution in [0, 0.1) is 10.1 Å². The lowest BCUT2D eigenvalue weighted by Crippen LogP contribution is -2.07. The number of nitro benzene ring substituents is 1. The van der Waals surface area contributed by atoms with Crippen LogP contribution in [0.2, 0.25) is 0 Å². The standard InChI is InChI=1S/C13H17NO4/c1-2-3-9-18-13(15)8-7-11-5-4-6-12(10-11)14(16)17/h4-6,10H,2-3,7-9H2,1H3. The maximum atomic E-state index is 11.4. The van der Waals surface area contributed by atoms with Crippen molar-refractivity contribution in [2.75, 3.05) is 6.61 Å². The second-order valence-corrected chi connectivity index (χ2v) is 4.00. The maximum Gasteiger partial charge on any atom is 0.306 e. The van der Waals surface area contributed by atoms with Crippen molar-refractivity contribution in [3.05, 3.63) is 39.9 Å². The second-order valence-electron chi connectivity index (χ2n) is 4.00. The Kier molecular flexibility index (Phi) is 5.84. The molecule has 0 aliphatic heterocycles. The average Bonchev–Trinajstić information content (AvgIpc) is 2.37. The number of nitrogens with zero attached hydrogens (tertiary/aromatic N) is 1. The first-order chi connectivity index (χ1) is 8.63. The van der Waals surface area contributed by atoms with Crippen molar-refractivity contribution in [2.45, 2.75) is 32.6 Å². The van der Waals surface area contributed by atoms with E-state index in [1.807, 2.05) is 6.92 Å². The summed E-state index contributed by atoms with van der Waals surface area (Å²) < 4.78 is 5.01. The lowest BCUT2D eigenvalue weighted by atomic mass is 10.1. The third-order valence-corrected chi connectivity index (χ3v) is 2.50. The van der Waals surface area contributed by atoms with Crippen LogP contribution in [0.25, 0.3) is 0 Å². The fourth-order valence-electron chi connectivity index (χ4n) is 1.47. The van der Waals surface area contributed by atoms with Gasteiger partial charge in [-0.3, -0.25) is 14.9 Å². The molecule has 0 radical (unpaired) electrons. The van der Waals surface area contributed by atoms with Gasteiger partial charge in [0.05, 0.1) is 11.5 Å². The molecule has 1 aromatic carbocycles. The van der Waals surface area contributed by atoms with Crippen molar-refractivity contribution in [2.24, 2.45) is 0 Å². The predicted octanol–water partition coefficient (Wildman–Crippen LogP) is 2.87. The Labute approximate surface area is 106 Å². The number of hydrogen-bond donors (Lipinski definition) is 0. The van der Waals surface area contributed by atoms with E-state index in [-0.39, 0.29) is 18.1 Å². The molecule has 0 spiro atoms. The fourth-order valence-corrected chi connectivity index (χ4v) is 1.47. The van der Waals surface area contributed by atoms with Gasteiger partial charge in [-0.1, -0.05) is 25.5 Å². The lowest BCUT2D eigenvalue weighted by molar-refractivity contribution is -0.384. The summed E-state index contributed by atoms with van der Waals surface area (Å²) in [5.74, 6) is -0.255. The van der Waals surface area contributed by atoms with Gasteiger partial charge in [-0.2, -0.15) is 0 Å². The Bertz CT molecular complexity index is 417. The van der Waals surface area contributed by atoms with Crippen molar-refractivity contribution >= 4 is 11.7 Å². The number of hydrogen-bond acceptors (Lipinski definition) is 4. The molecule has 18 heavy (non-hydrogen) atoms. The van der Waals surface area contributed by atoms with Crippen LogP contribution >= 0.6 is 0 Å². The molecule has 0 atom stereocenters. The molecule has 0 saturated heterocycles. The molecule has 0 fully saturated rings. The van der Waals surface area contributed by atoms with Crippen LogP contribution in [0.5, 0.6) is 0 Å². The summed E-state index contributed by atoms with van der Waals surface area (Å²) in [5.41, 5.74) is 0.823. The zero-order valence-corrected chi connectivity index (χ0v) is 10.4. The molecule has 0 saturated carbocycles. The number of nitro groups is 1. The zero-order chi connectivity index (χ0) is 13.4. The van der Waals surface area contributed by atoms with E-state index < -0.39 is 4.92 Å². The Hall–Kier alpha value is -1.91. The minimum atomic E-state index is -0.441. The van der Waals surface area contributed by atoms with Crippen LogP contribution in [-0.4, -0.2) is 17.5 Å². The van der Waals surface area contributed by atoms with E-state index in [2.05, 4.69) is 0 Å². The number of esters is 1. The van der Waals surface area contributed by atoms with E-state index in [1.165, 1.54) is 12.1 Å². The molecule has 0 N–H and O–H groups in total. The fraction of sp³-hybridized carbons (Fsp3) is 0.462. The molecule has 5 nitrogen and oxygen atoms in total. The van der Waals surface area contributed by atoms with Crippen molar-refractivity contribution in [3.8, 4) is 0 Å². The summed E-state index contributed by atoms with van der Waals surface area (Å²) in [5, 5.41) is 10.6. The number of benzene rings is 1. The quantitative estimate of drug-likeness (QED) is 0.323. The Morgan fingerprint density at radius 3 is 2.89 bits per heavy atom. The molecule has 0 aromatic heterocycles. The molecule has 98 valence electrons. The number of non-ortho nitro benzene ring substituents is 1. The third-order valence-electron chi connectivity index (χ3n) is 2.50. The highest BCUT2D eigenvalue weighted by Gasteiger charge is 2.08. The predicted molar refractivity (Wildman–Crippen MR) is 67.3 cm³/mol. The summed E-state index contributed by atoms with van der Waals surface area (Å²) >= 11 is 0. The number of aryl methyl sites for hydroxylation is 1. The van der Waals surface area contributed by atoms with E-state index in [9.17, 15) is 14.9 Å². The van der Waals surface area contributed by atoms with Gasteiger partial charge >= 0.3 is 5.97 Å². The summed E-state index contributed by atoms with van der Waals surface area (Å²) in [4.78, 5) is 21.5. The molecule has 0 amide bonds. The largest absolute Gasteiger partial charge is 0.466 e.